The number of methoxy groups -OCH3 is 1. The molecule has 2 rings (SSSR count). The summed E-state index contributed by atoms with van der Waals surface area (Å²) in [6.45, 7) is 3.65. The van der Waals surface area contributed by atoms with E-state index in [0.29, 0.717) is 11.6 Å². The smallest absolute Gasteiger partial charge is 0.123 e. The van der Waals surface area contributed by atoms with Gasteiger partial charge in [-0.25, -0.2) is 0 Å². The Morgan fingerprint density at radius 3 is 2.60 bits per heavy atom. The zero-order valence-corrected chi connectivity index (χ0v) is 12.5. The van der Waals surface area contributed by atoms with E-state index in [-0.39, 0.29) is 0 Å². The van der Waals surface area contributed by atoms with Gasteiger partial charge in [-0.3, -0.25) is 0 Å². The van der Waals surface area contributed by atoms with Gasteiger partial charge in [0.15, 0.2) is 0 Å². The standard InChI is InChI=1S/C16H19ClN2O/c1-3-19(15-7-5-4-6-14(15)18)11-12-10-13(17)8-9-16(12)20-2/h4-10H,3,11,18H2,1-2H3. The average molecular weight is 291 g/mol. The third kappa shape index (κ3) is 3.17. The van der Waals surface area contributed by atoms with Crippen molar-refractivity contribution in [3.05, 3.63) is 53.1 Å². The van der Waals surface area contributed by atoms with Crippen LogP contribution in [0.25, 0.3) is 0 Å². The van der Waals surface area contributed by atoms with Crippen molar-refractivity contribution in [1.29, 1.82) is 0 Å². The van der Waals surface area contributed by atoms with E-state index in [4.69, 9.17) is 22.1 Å². The minimum atomic E-state index is 0.703. The highest BCUT2D eigenvalue weighted by atomic mass is 35.5. The molecule has 106 valence electrons. The molecule has 2 aromatic carbocycles. The summed E-state index contributed by atoms with van der Waals surface area (Å²) in [6.07, 6.45) is 0. The van der Waals surface area contributed by atoms with Crippen molar-refractivity contribution >= 4 is 23.0 Å². The Balaban J connectivity index is 2.31. The summed E-state index contributed by atoms with van der Waals surface area (Å²) in [6, 6.07) is 13.5. The van der Waals surface area contributed by atoms with E-state index in [1.807, 2.05) is 42.5 Å². The van der Waals surface area contributed by atoms with E-state index < -0.39 is 0 Å². The van der Waals surface area contributed by atoms with E-state index in [9.17, 15) is 0 Å². The van der Waals surface area contributed by atoms with Gasteiger partial charge in [-0.15, -0.1) is 0 Å². The van der Waals surface area contributed by atoms with Crippen LogP contribution in [-0.4, -0.2) is 13.7 Å². The van der Waals surface area contributed by atoms with Gasteiger partial charge < -0.3 is 15.4 Å². The number of benzene rings is 2. The Kier molecular flexibility index (Phi) is 4.74. The highest BCUT2D eigenvalue weighted by Gasteiger charge is 2.11. The van der Waals surface area contributed by atoms with Crippen LogP contribution < -0.4 is 15.4 Å². The van der Waals surface area contributed by atoms with Crippen LogP contribution in [0.2, 0.25) is 5.02 Å². The Morgan fingerprint density at radius 1 is 1.20 bits per heavy atom. The first-order valence-corrected chi connectivity index (χ1v) is 6.95. The summed E-state index contributed by atoms with van der Waals surface area (Å²) >= 11 is 6.08. The molecule has 0 bridgehead atoms. The summed E-state index contributed by atoms with van der Waals surface area (Å²) in [7, 11) is 1.67. The summed E-state index contributed by atoms with van der Waals surface area (Å²) in [5, 5.41) is 0.706. The number of nitrogens with two attached hydrogens (primary N) is 1. The van der Waals surface area contributed by atoms with Crippen LogP contribution >= 0.6 is 11.6 Å². The number of nitrogens with zero attached hydrogens (tertiary/aromatic N) is 1. The fourth-order valence-electron chi connectivity index (χ4n) is 2.22. The lowest BCUT2D eigenvalue weighted by molar-refractivity contribution is 0.409. The zero-order chi connectivity index (χ0) is 14.5. The van der Waals surface area contributed by atoms with Gasteiger partial charge in [-0.2, -0.15) is 0 Å². The molecular weight excluding hydrogens is 272 g/mol. The second-order valence-electron chi connectivity index (χ2n) is 4.53. The minimum absolute atomic E-state index is 0.703. The number of nitrogen functional groups attached to an aromatic ring is 1. The molecule has 0 aliphatic heterocycles. The van der Waals surface area contributed by atoms with Gasteiger partial charge >= 0.3 is 0 Å². The Hall–Kier alpha value is -1.87. The Labute approximate surface area is 124 Å². The van der Waals surface area contributed by atoms with Gasteiger partial charge in [0.2, 0.25) is 0 Å². The predicted molar refractivity (Wildman–Crippen MR) is 85.6 cm³/mol. The van der Waals surface area contributed by atoms with Gasteiger partial charge in [-0.1, -0.05) is 23.7 Å². The summed E-state index contributed by atoms with van der Waals surface area (Å²) in [4.78, 5) is 2.20. The molecule has 0 heterocycles. The summed E-state index contributed by atoms with van der Waals surface area (Å²) < 4.78 is 5.40. The quantitative estimate of drug-likeness (QED) is 0.847. The number of ether oxygens (including phenoxy) is 1. The van der Waals surface area contributed by atoms with E-state index in [2.05, 4.69) is 11.8 Å². The summed E-state index contributed by atoms with van der Waals surface area (Å²) in [5.41, 5.74) is 8.90. The first-order chi connectivity index (χ1) is 9.65. The molecule has 0 spiro atoms. The second kappa shape index (κ2) is 6.53. The Bertz CT molecular complexity index is 586. The van der Waals surface area contributed by atoms with Gasteiger partial charge in [0.25, 0.3) is 0 Å². The molecule has 0 amide bonds. The zero-order valence-electron chi connectivity index (χ0n) is 11.8. The van der Waals surface area contributed by atoms with Crippen LogP contribution in [0.15, 0.2) is 42.5 Å². The van der Waals surface area contributed by atoms with E-state index in [1.54, 1.807) is 7.11 Å². The summed E-state index contributed by atoms with van der Waals surface area (Å²) in [5.74, 6) is 0.836. The number of anilines is 2. The van der Waals surface area contributed by atoms with Crippen LogP contribution in [0.4, 0.5) is 11.4 Å². The molecule has 0 saturated heterocycles. The molecular formula is C16H19ClN2O. The van der Waals surface area contributed by atoms with Crippen molar-refractivity contribution in [3.8, 4) is 5.75 Å². The molecule has 2 N–H and O–H groups in total. The van der Waals surface area contributed by atoms with Gasteiger partial charge in [0, 0.05) is 23.7 Å². The lowest BCUT2D eigenvalue weighted by atomic mass is 10.1. The fraction of sp³-hybridized carbons (Fsp3) is 0.250. The third-order valence-corrected chi connectivity index (χ3v) is 3.50. The SMILES string of the molecule is CCN(Cc1cc(Cl)ccc1OC)c1ccccc1N. The highest BCUT2D eigenvalue weighted by molar-refractivity contribution is 6.30. The van der Waals surface area contributed by atoms with Gasteiger partial charge in [0.05, 0.1) is 18.5 Å². The molecule has 0 atom stereocenters. The second-order valence-corrected chi connectivity index (χ2v) is 4.97. The predicted octanol–water partition coefficient (Wildman–Crippen LogP) is 3.96. The van der Waals surface area contributed by atoms with Crippen LogP contribution in [0, 0.1) is 0 Å². The number of hydrogen-bond acceptors (Lipinski definition) is 3. The largest absolute Gasteiger partial charge is 0.496 e. The molecule has 0 unspecified atom stereocenters. The van der Waals surface area contributed by atoms with Crippen molar-refractivity contribution in [3.63, 3.8) is 0 Å². The fourth-order valence-corrected chi connectivity index (χ4v) is 2.41. The lowest BCUT2D eigenvalue weighted by Gasteiger charge is -2.25. The number of para-hydroxylation sites is 2. The van der Waals surface area contributed by atoms with Gasteiger partial charge in [-0.05, 0) is 37.3 Å². The normalized spacial score (nSPS) is 10.3. The highest BCUT2D eigenvalue weighted by Crippen LogP contribution is 2.28. The van der Waals surface area contributed by atoms with E-state index >= 15 is 0 Å². The molecule has 3 nitrogen and oxygen atoms in total. The lowest BCUT2D eigenvalue weighted by Crippen LogP contribution is -2.23. The van der Waals surface area contributed by atoms with Crippen molar-refractivity contribution < 1.29 is 4.74 Å². The molecule has 0 aliphatic carbocycles. The number of rotatable bonds is 5. The first kappa shape index (κ1) is 14.5. The first-order valence-electron chi connectivity index (χ1n) is 6.57. The molecule has 0 aromatic heterocycles. The van der Waals surface area contributed by atoms with Crippen molar-refractivity contribution in [2.75, 3.05) is 24.3 Å². The Morgan fingerprint density at radius 2 is 1.95 bits per heavy atom. The topological polar surface area (TPSA) is 38.5 Å². The number of hydrogen-bond donors (Lipinski definition) is 1. The van der Waals surface area contributed by atoms with Crippen LogP contribution in [-0.2, 0) is 6.54 Å². The third-order valence-electron chi connectivity index (χ3n) is 3.26. The maximum absolute atomic E-state index is 6.08. The minimum Gasteiger partial charge on any atom is -0.496 e. The maximum atomic E-state index is 6.08. The van der Waals surface area contributed by atoms with Crippen molar-refractivity contribution in [2.45, 2.75) is 13.5 Å². The maximum Gasteiger partial charge on any atom is 0.123 e. The molecule has 0 aliphatic rings. The molecule has 0 radical (unpaired) electrons. The van der Waals surface area contributed by atoms with Crippen LogP contribution in [0.1, 0.15) is 12.5 Å². The van der Waals surface area contributed by atoms with Crippen LogP contribution in [0.3, 0.4) is 0 Å². The molecule has 0 fully saturated rings. The monoisotopic (exact) mass is 290 g/mol. The molecule has 2 aromatic rings. The van der Waals surface area contributed by atoms with E-state index in [0.717, 1.165) is 29.2 Å². The average Bonchev–Trinajstić information content (AvgIpc) is 2.46. The van der Waals surface area contributed by atoms with Crippen molar-refractivity contribution in [1.82, 2.24) is 0 Å². The van der Waals surface area contributed by atoms with Crippen LogP contribution in [0.5, 0.6) is 5.75 Å². The number of halogens is 1. The molecule has 4 heteroatoms. The van der Waals surface area contributed by atoms with E-state index in [1.165, 1.54) is 0 Å². The van der Waals surface area contributed by atoms with Crippen molar-refractivity contribution in [2.24, 2.45) is 0 Å². The molecule has 0 saturated carbocycles. The van der Waals surface area contributed by atoms with Gasteiger partial charge in [0.1, 0.15) is 5.75 Å². The molecule has 20 heavy (non-hydrogen) atoms.